The number of nitrogens with one attached hydrogen (secondary N) is 3. The van der Waals surface area contributed by atoms with Gasteiger partial charge in [0.05, 0.1) is 19.9 Å². The van der Waals surface area contributed by atoms with E-state index in [4.69, 9.17) is 21.7 Å². The number of ether oxygens (including phenoxy) is 2. The molecule has 0 heterocycles. The van der Waals surface area contributed by atoms with E-state index in [2.05, 4.69) is 16.2 Å². The summed E-state index contributed by atoms with van der Waals surface area (Å²) in [5.41, 5.74) is 5.47. The fourth-order valence-electron chi connectivity index (χ4n) is 1.88. The van der Waals surface area contributed by atoms with Crippen molar-refractivity contribution in [1.82, 2.24) is 10.9 Å². The van der Waals surface area contributed by atoms with E-state index in [1.54, 1.807) is 24.3 Å². The average Bonchev–Trinajstić information content (AvgIpc) is 2.61. The first-order valence-corrected chi connectivity index (χ1v) is 7.30. The molecule has 1 amide bonds. The third-order valence-electron chi connectivity index (χ3n) is 3.06. The van der Waals surface area contributed by atoms with Crippen molar-refractivity contribution in [2.75, 3.05) is 19.5 Å². The lowest BCUT2D eigenvalue weighted by Gasteiger charge is -2.13. The molecule has 3 N–H and O–H groups in total. The van der Waals surface area contributed by atoms with Crippen molar-refractivity contribution >= 4 is 28.9 Å². The van der Waals surface area contributed by atoms with Crippen molar-refractivity contribution in [1.29, 1.82) is 0 Å². The number of carbonyl (C=O) groups is 1. The molecule has 2 rings (SSSR count). The quantitative estimate of drug-likeness (QED) is 0.582. The Kier molecular flexibility index (Phi) is 5.91. The number of rotatable bonds is 4. The van der Waals surface area contributed by atoms with Crippen LogP contribution in [0, 0.1) is 5.82 Å². The third-order valence-corrected chi connectivity index (χ3v) is 3.26. The van der Waals surface area contributed by atoms with Crippen LogP contribution in [0.4, 0.5) is 10.1 Å². The lowest BCUT2D eigenvalue weighted by molar-refractivity contribution is 0.0944. The summed E-state index contributed by atoms with van der Waals surface area (Å²) in [6.07, 6.45) is 0. The number of para-hydroxylation sites is 1. The second-order valence-electron chi connectivity index (χ2n) is 4.58. The van der Waals surface area contributed by atoms with Crippen LogP contribution in [0.1, 0.15) is 10.4 Å². The zero-order valence-corrected chi connectivity index (χ0v) is 13.9. The van der Waals surface area contributed by atoms with Crippen molar-refractivity contribution < 1.29 is 18.7 Å². The maximum absolute atomic E-state index is 13.5. The van der Waals surface area contributed by atoms with E-state index in [-0.39, 0.29) is 10.8 Å². The monoisotopic (exact) mass is 349 g/mol. The number of anilines is 1. The summed E-state index contributed by atoms with van der Waals surface area (Å²) in [5, 5.41) is 2.69. The standard InChI is InChI=1S/C16H16FN3O3S/c1-22-13-8-7-10(9-14(13)23-2)15(21)19-20-16(24)18-12-6-4-3-5-11(12)17/h3-9H,1-2H3,(H,19,21)(H2,18,20,24). The number of hydrogen-bond donors (Lipinski definition) is 3. The Bertz CT molecular complexity index is 755. The SMILES string of the molecule is COc1ccc(C(=O)NNC(=S)Nc2ccccc2F)cc1OC. The van der Waals surface area contributed by atoms with E-state index in [9.17, 15) is 9.18 Å². The number of halogens is 1. The van der Waals surface area contributed by atoms with E-state index < -0.39 is 11.7 Å². The van der Waals surface area contributed by atoms with E-state index in [0.717, 1.165) is 0 Å². The van der Waals surface area contributed by atoms with Crippen molar-refractivity contribution in [3.8, 4) is 11.5 Å². The van der Waals surface area contributed by atoms with Crippen LogP contribution in [-0.2, 0) is 0 Å². The Hall–Kier alpha value is -2.87. The van der Waals surface area contributed by atoms with Crippen LogP contribution in [0.2, 0.25) is 0 Å². The second kappa shape index (κ2) is 8.11. The van der Waals surface area contributed by atoms with Crippen molar-refractivity contribution in [2.45, 2.75) is 0 Å². The summed E-state index contributed by atoms with van der Waals surface area (Å²) >= 11 is 5.00. The summed E-state index contributed by atoms with van der Waals surface area (Å²) < 4.78 is 23.8. The normalized spacial score (nSPS) is 9.79. The minimum atomic E-state index is -0.451. The fraction of sp³-hybridized carbons (Fsp3) is 0.125. The van der Waals surface area contributed by atoms with E-state index in [0.29, 0.717) is 17.1 Å². The van der Waals surface area contributed by atoms with E-state index in [1.165, 1.54) is 32.4 Å². The van der Waals surface area contributed by atoms with Gasteiger partial charge in [-0.3, -0.25) is 15.6 Å². The Morgan fingerprint density at radius 1 is 1.04 bits per heavy atom. The van der Waals surface area contributed by atoms with Crippen LogP contribution >= 0.6 is 12.2 Å². The Morgan fingerprint density at radius 2 is 1.75 bits per heavy atom. The van der Waals surface area contributed by atoms with Crippen molar-refractivity contribution in [3.05, 3.63) is 53.8 Å². The van der Waals surface area contributed by atoms with Crippen LogP contribution < -0.4 is 25.6 Å². The van der Waals surface area contributed by atoms with Crippen LogP contribution in [0.5, 0.6) is 11.5 Å². The molecule has 0 aliphatic heterocycles. The summed E-state index contributed by atoms with van der Waals surface area (Å²) in [4.78, 5) is 12.1. The number of hydrazine groups is 1. The number of methoxy groups -OCH3 is 2. The zero-order valence-electron chi connectivity index (χ0n) is 13.1. The summed E-state index contributed by atoms with van der Waals surface area (Å²) in [6.45, 7) is 0. The number of carbonyl (C=O) groups excluding carboxylic acids is 1. The molecule has 0 saturated heterocycles. The summed E-state index contributed by atoms with van der Waals surface area (Å²) in [5.74, 6) is 0.0532. The fourth-order valence-corrected chi connectivity index (χ4v) is 2.04. The molecule has 0 spiro atoms. The van der Waals surface area contributed by atoms with Crippen LogP contribution in [0.25, 0.3) is 0 Å². The molecule has 0 fully saturated rings. The molecule has 0 aliphatic carbocycles. The molecule has 24 heavy (non-hydrogen) atoms. The van der Waals surface area contributed by atoms with Gasteiger partial charge in [-0.15, -0.1) is 0 Å². The molecule has 126 valence electrons. The number of hydrogen-bond acceptors (Lipinski definition) is 4. The largest absolute Gasteiger partial charge is 0.493 e. The van der Waals surface area contributed by atoms with Crippen LogP contribution in [0.15, 0.2) is 42.5 Å². The maximum atomic E-state index is 13.5. The lowest BCUT2D eigenvalue weighted by Crippen LogP contribution is -2.43. The minimum absolute atomic E-state index is 0.0499. The van der Waals surface area contributed by atoms with Gasteiger partial charge in [-0.1, -0.05) is 12.1 Å². The van der Waals surface area contributed by atoms with Gasteiger partial charge < -0.3 is 14.8 Å². The molecular formula is C16H16FN3O3S. The number of amides is 1. The smallest absolute Gasteiger partial charge is 0.269 e. The average molecular weight is 349 g/mol. The first-order chi connectivity index (χ1) is 11.5. The molecule has 6 nitrogen and oxygen atoms in total. The molecule has 8 heteroatoms. The van der Waals surface area contributed by atoms with Gasteiger partial charge in [-0.2, -0.15) is 0 Å². The van der Waals surface area contributed by atoms with Gasteiger partial charge in [-0.25, -0.2) is 4.39 Å². The Morgan fingerprint density at radius 3 is 2.42 bits per heavy atom. The second-order valence-corrected chi connectivity index (χ2v) is 4.99. The Balaban J connectivity index is 1.95. The van der Waals surface area contributed by atoms with Gasteiger partial charge >= 0.3 is 0 Å². The molecule has 0 bridgehead atoms. The zero-order chi connectivity index (χ0) is 17.5. The highest BCUT2D eigenvalue weighted by atomic mass is 32.1. The van der Waals surface area contributed by atoms with E-state index >= 15 is 0 Å². The van der Waals surface area contributed by atoms with Crippen molar-refractivity contribution in [3.63, 3.8) is 0 Å². The van der Waals surface area contributed by atoms with Crippen LogP contribution in [-0.4, -0.2) is 25.2 Å². The minimum Gasteiger partial charge on any atom is -0.493 e. The van der Waals surface area contributed by atoms with Gasteiger partial charge in [0.1, 0.15) is 5.82 Å². The first-order valence-electron chi connectivity index (χ1n) is 6.89. The highest BCUT2D eigenvalue weighted by molar-refractivity contribution is 7.80. The first kappa shape index (κ1) is 17.5. The lowest BCUT2D eigenvalue weighted by atomic mass is 10.2. The molecule has 0 atom stereocenters. The predicted molar refractivity (Wildman–Crippen MR) is 92.8 cm³/mol. The Labute approximate surface area is 143 Å². The molecule has 0 radical (unpaired) electrons. The molecule has 0 aliphatic rings. The molecule has 0 unspecified atom stereocenters. The number of benzene rings is 2. The molecular weight excluding hydrogens is 333 g/mol. The van der Waals surface area contributed by atoms with Crippen molar-refractivity contribution in [2.24, 2.45) is 0 Å². The summed E-state index contributed by atoms with van der Waals surface area (Å²) in [6, 6.07) is 10.8. The van der Waals surface area contributed by atoms with E-state index in [1.807, 2.05) is 0 Å². The summed E-state index contributed by atoms with van der Waals surface area (Å²) in [7, 11) is 2.98. The van der Waals surface area contributed by atoms with Gasteiger partial charge in [0.2, 0.25) is 0 Å². The van der Waals surface area contributed by atoms with Crippen LogP contribution in [0.3, 0.4) is 0 Å². The third kappa shape index (κ3) is 4.32. The van der Waals surface area contributed by atoms with Gasteiger partial charge in [0, 0.05) is 5.56 Å². The molecule has 2 aromatic rings. The molecule has 2 aromatic carbocycles. The maximum Gasteiger partial charge on any atom is 0.269 e. The highest BCUT2D eigenvalue weighted by Crippen LogP contribution is 2.27. The highest BCUT2D eigenvalue weighted by Gasteiger charge is 2.11. The molecule has 0 aromatic heterocycles. The number of thiocarbonyl (C=S) groups is 1. The van der Waals surface area contributed by atoms with Gasteiger partial charge in [0.15, 0.2) is 16.6 Å². The van der Waals surface area contributed by atoms with Gasteiger partial charge in [0.25, 0.3) is 5.91 Å². The van der Waals surface area contributed by atoms with Gasteiger partial charge in [-0.05, 0) is 42.5 Å². The predicted octanol–water partition coefficient (Wildman–Crippen LogP) is 2.47. The molecule has 0 saturated carbocycles. The topological polar surface area (TPSA) is 71.6 Å².